The molecular formula is C38H30N2. The summed E-state index contributed by atoms with van der Waals surface area (Å²) in [4.78, 5) is 7.83. The second kappa shape index (κ2) is 8.66. The van der Waals surface area contributed by atoms with E-state index in [2.05, 4.69) is 146 Å². The minimum absolute atomic E-state index is 0.0837. The predicted molar refractivity (Wildman–Crippen MR) is 166 cm³/mol. The molecule has 4 aromatic carbocycles. The summed E-state index contributed by atoms with van der Waals surface area (Å²) in [5.74, 6) is 0. The van der Waals surface area contributed by atoms with Gasteiger partial charge in [-0.25, -0.2) is 4.98 Å². The Balaban J connectivity index is 1.42. The van der Waals surface area contributed by atoms with Crippen molar-refractivity contribution in [2.45, 2.75) is 26.3 Å². The highest BCUT2D eigenvalue weighted by Gasteiger charge is 2.49. The number of hydrogen-bond donors (Lipinski definition) is 0. The molecule has 0 radical (unpaired) electrons. The van der Waals surface area contributed by atoms with Crippen LogP contribution < -0.4 is 4.90 Å². The monoisotopic (exact) mass is 514 g/mol. The van der Waals surface area contributed by atoms with Crippen molar-refractivity contribution < 1.29 is 0 Å². The van der Waals surface area contributed by atoms with Crippen molar-refractivity contribution in [3.05, 3.63) is 155 Å². The second-order valence-corrected chi connectivity index (χ2v) is 11.6. The van der Waals surface area contributed by atoms with Gasteiger partial charge in [0.1, 0.15) is 0 Å². The van der Waals surface area contributed by atoms with Gasteiger partial charge >= 0.3 is 0 Å². The lowest BCUT2D eigenvalue weighted by molar-refractivity contribution is 0.521. The third kappa shape index (κ3) is 3.39. The van der Waals surface area contributed by atoms with Gasteiger partial charge in [-0.1, -0.05) is 129 Å². The zero-order valence-corrected chi connectivity index (χ0v) is 22.8. The molecule has 2 heteroatoms. The fraction of sp³-hybridized carbons (Fsp3) is 0.132. The highest BCUT2D eigenvalue weighted by atomic mass is 15.2. The molecule has 0 bridgehead atoms. The maximum atomic E-state index is 5.19. The molecule has 192 valence electrons. The molecule has 1 aromatic heterocycles. The largest absolute Gasteiger partial charge is 0.333 e. The van der Waals surface area contributed by atoms with Gasteiger partial charge in [-0.3, -0.25) is 0 Å². The van der Waals surface area contributed by atoms with Crippen molar-refractivity contribution in [1.29, 1.82) is 0 Å². The van der Waals surface area contributed by atoms with Crippen LogP contribution in [0.4, 0.5) is 5.69 Å². The van der Waals surface area contributed by atoms with Crippen LogP contribution in [0.5, 0.6) is 0 Å². The molecule has 0 spiro atoms. The van der Waals surface area contributed by atoms with Gasteiger partial charge in [-0.2, -0.15) is 0 Å². The summed E-state index contributed by atoms with van der Waals surface area (Å²) < 4.78 is 0. The van der Waals surface area contributed by atoms with E-state index in [1.165, 1.54) is 44.8 Å². The zero-order valence-electron chi connectivity index (χ0n) is 22.8. The molecule has 8 rings (SSSR count). The fourth-order valence-corrected chi connectivity index (χ4v) is 7.13. The quantitative estimate of drug-likeness (QED) is 0.238. The van der Waals surface area contributed by atoms with Crippen LogP contribution >= 0.6 is 0 Å². The van der Waals surface area contributed by atoms with E-state index in [4.69, 9.17) is 4.98 Å². The van der Waals surface area contributed by atoms with Crippen LogP contribution in [0.2, 0.25) is 0 Å². The van der Waals surface area contributed by atoms with Crippen molar-refractivity contribution in [3.63, 3.8) is 0 Å². The number of fused-ring (bicyclic) bond motifs is 5. The molecule has 1 unspecified atom stereocenters. The van der Waals surface area contributed by atoms with E-state index < -0.39 is 0 Å². The third-order valence-corrected chi connectivity index (χ3v) is 8.95. The maximum Gasteiger partial charge on any atom is 0.0819 e. The molecule has 0 saturated carbocycles. The van der Waals surface area contributed by atoms with Crippen LogP contribution in [0.3, 0.4) is 0 Å². The Kier molecular flexibility index (Phi) is 5.03. The number of anilines is 1. The van der Waals surface area contributed by atoms with Crippen molar-refractivity contribution in [1.82, 2.24) is 4.98 Å². The first-order valence-corrected chi connectivity index (χ1v) is 14.1. The first-order valence-electron chi connectivity index (χ1n) is 14.1. The summed E-state index contributed by atoms with van der Waals surface area (Å²) in [6.45, 7) is 4.84. The Morgan fingerprint density at radius 2 is 1.30 bits per heavy atom. The van der Waals surface area contributed by atoms with E-state index in [0.29, 0.717) is 0 Å². The SMILES string of the molecule is CC1(C)C2=Cc3ccccc3C2N(c2cc(-c3ccccc3)nc(-c3ccccc3)c2)C2=C1c1ccccc1C2. The van der Waals surface area contributed by atoms with E-state index in [-0.39, 0.29) is 11.5 Å². The third-order valence-electron chi connectivity index (χ3n) is 8.95. The van der Waals surface area contributed by atoms with Gasteiger partial charge in [-0.15, -0.1) is 0 Å². The van der Waals surface area contributed by atoms with Gasteiger partial charge in [0, 0.05) is 34.3 Å². The molecule has 0 N–H and O–H groups in total. The predicted octanol–water partition coefficient (Wildman–Crippen LogP) is 9.37. The molecule has 0 amide bonds. The van der Waals surface area contributed by atoms with Crippen molar-refractivity contribution in [2.24, 2.45) is 5.41 Å². The maximum absolute atomic E-state index is 5.19. The van der Waals surface area contributed by atoms with Gasteiger partial charge < -0.3 is 4.90 Å². The van der Waals surface area contributed by atoms with E-state index >= 15 is 0 Å². The summed E-state index contributed by atoms with van der Waals surface area (Å²) in [5, 5.41) is 0. The minimum atomic E-state index is -0.0837. The normalized spacial score (nSPS) is 18.1. The average Bonchev–Trinajstić information content (AvgIpc) is 3.59. The molecule has 1 atom stereocenters. The lowest BCUT2D eigenvalue weighted by Crippen LogP contribution is -2.39. The molecule has 0 fully saturated rings. The number of allylic oxidation sites excluding steroid dienone is 2. The highest BCUT2D eigenvalue weighted by Crippen LogP contribution is 2.61. The molecule has 3 aliphatic rings. The van der Waals surface area contributed by atoms with Gasteiger partial charge in [0.2, 0.25) is 0 Å². The van der Waals surface area contributed by atoms with Crippen LogP contribution in [-0.2, 0) is 6.42 Å². The molecular weight excluding hydrogens is 484 g/mol. The molecule has 2 aliphatic carbocycles. The number of aromatic nitrogens is 1. The van der Waals surface area contributed by atoms with Gasteiger partial charge in [0.05, 0.1) is 17.4 Å². The fourth-order valence-electron chi connectivity index (χ4n) is 7.13. The molecule has 40 heavy (non-hydrogen) atoms. The first kappa shape index (κ1) is 23.2. The highest BCUT2D eigenvalue weighted by molar-refractivity contribution is 5.92. The smallest absolute Gasteiger partial charge is 0.0819 e. The van der Waals surface area contributed by atoms with E-state index in [1.807, 2.05) is 0 Å². The van der Waals surface area contributed by atoms with Gasteiger partial charge in [-0.05, 0) is 45.5 Å². The number of hydrogen-bond acceptors (Lipinski definition) is 2. The Morgan fingerprint density at radius 1 is 0.700 bits per heavy atom. The number of benzene rings is 4. The summed E-state index contributed by atoms with van der Waals surface area (Å²) >= 11 is 0. The zero-order chi connectivity index (χ0) is 26.8. The van der Waals surface area contributed by atoms with Crippen molar-refractivity contribution in [3.8, 4) is 22.5 Å². The molecule has 2 nitrogen and oxygen atoms in total. The van der Waals surface area contributed by atoms with Crippen molar-refractivity contribution in [2.75, 3.05) is 4.90 Å². The van der Waals surface area contributed by atoms with E-state index in [9.17, 15) is 0 Å². The topological polar surface area (TPSA) is 16.1 Å². The van der Waals surface area contributed by atoms with Crippen LogP contribution in [0.15, 0.2) is 133 Å². The lowest BCUT2D eigenvalue weighted by atomic mass is 9.69. The van der Waals surface area contributed by atoms with Crippen molar-refractivity contribution >= 4 is 17.3 Å². The standard InChI is InChI=1S/C38H30N2/c1-38(2)32-21-27-17-10-12-20-31(27)37(32)40(35-22-28-18-9-11-19-30(28)36(35)38)29-23-33(25-13-5-3-6-14-25)39-34(24-29)26-15-7-4-8-16-26/h3-21,23-24,37H,22H2,1-2H3. The number of nitrogens with zero attached hydrogens (tertiary/aromatic N) is 2. The second-order valence-electron chi connectivity index (χ2n) is 11.6. The number of pyridine rings is 1. The van der Waals surface area contributed by atoms with Crippen LogP contribution in [0.25, 0.3) is 34.2 Å². The summed E-state index contributed by atoms with van der Waals surface area (Å²) in [7, 11) is 0. The van der Waals surface area contributed by atoms with Gasteiger partial charge in [0.15, 0.2) is 0 Å². The molecule has 2 heterocycles. The Bertz CT molecular complexity index is 1790. The Morgan fingerprint density at radius 3 is 2.00 bits per heavy atom. The summed E-state index contributed by atoms with van der Waals surface area (Å²) in [6.07, 6.45) is 3.39. The minimum Gasteiger partial charge on any atom is -0.333 e. The average molecular weight is 515 g/mol. The van der Waals surface area contributed by atoms with Crippen LogP contribution in [-0.4, -0.2) is 4.98 Å². The lowest BCUT2D eigenvalue weighted by Gasteiger charge is -2.47. The Labute approximate surface area is 236 Å². The molecule has 5 aromatic rings. The summed E-state index contributed by atoms with van der Waals surface area (Å²) in [5.41, 5.74) is 15.2. The molecule has 1 aliphatic heterocycles. The molecule has 0 saturated heterocycles. The van der Waals surface area contributed by atoms with Crippen LogP contribution in [0.1, 0.15) is 42.1 Å². The van der Waals surface area contributed by atoms with E-state index in [1.54, 1.807) is 0 Å². The first-order chi connectivity index (χ1) is 19.6. The van der Waals surface area contributed by atoms with Crippen LogP contribution in [0, 0.1) is 5.41 Å². The Hall–Kier alpha value is -4.69. The van der Waals surface area contributed by atoms with E-state index in [0.717, 1.165) is 28.9 Å². The van der Waals surface area contributed by atoms with Gasteiger partial charge in [0.25, 0.3) is 0 Å². The summed E-state index contributed by atoms with van der Waals surface area (Å²) in [6, 6.07) is 43.8. The number of rotatable bonds is 3.